The van der Waals surface area contributed by atoms with E-state index >= 15 is 0 Å². The molecule has 344 valence electrons. The smallest absolute Gasteiger partial charge is 0.306 e. The molecule has 0 rings (SSSR count). The molecule has 0 N–H and O–H groups in total. The minimum Gasteiger partial charge on any atom is -0.462 e. The third kappa shape index (κ3) is 44.0. The molecule has 0 saturated carbocycles. The molecule has 0 radical (unpaired) electrons. The van der Waals surface area contributed by atoms with E-state index in [1.54, 1.807) is 0 Å². The maximum Gasteiger partial charge on any atom is 0.306 e. The van der Waals surface area contributed by atoms with Crippen molar-refractivity contribution in [1.29, 1.82) is 0 Å². The average Bonchev–Trinajstić information content (AvgIpc) is 3.21. The van der Waals surface area contributed by atoms with Crippen molar-refractivity contribution in [1.82, 2.24) is 0 Å². The van der Waals surface area contributed by atoms with Gasteiger partial charge in [0.05, 0.1) is 0 Å². The van der Waals surface area contributed by atoms with Crippen molar-refractivity contribution in [2.75, 3.05) is 13.2 Å². The first-order chi connectivity index (χ1) is 28.3. The first-order valence-corrected chi connectivity index (χ1v) is 25.8. The molecule has 2 atom stereocenters. The number of hydrogen-bond donors (Lipinski definition) is 0. The molecule has 1 unspecified atom stereocenters. The number of rotatable bonds is 46. The van der Waals surface area contributed by atoms with Gasteiger partial charge in [-0.05, 0) is 31.1 Å². The molecule has 0 aromatic rings. The van der Waals surface area contributed by atoms with E-state index in [-0.39, 0.29) is 31.1 Å². The van der Waals surface area contributed by atoms with Gasteiger partial charge in [0.25, 0.3) is 0 Å². The highest BCUT2D eigenvalue weighted by Gasteiger charge is 2.19. The zero-order chi connectivity index (χ0) is 42.6. The SMILES string of the molecule is CCCCCCCC(=O)O[C@@H](COC(=O)CCCCCCCCCCCCCCCCCCCCC(C)C)COC(=O)CCCCCCCCCCCCC(C)CC. The second-order valence-corrected chi connectivity index (χ2v) is 18.5. The van der Waals surface area contributed by atoms with Crippen LogP contribution in [0.15, 0.2) is 0 Å². The Labute approximate surface area is 361 Å². The first-order valence-electron chi connectivity index (χ1n) is 25.8. The average molecular weight is 821 g/mol. The molecule has 0 heterocycles. The second kappa shape index (κ2) is 44.9. The van der Waals surface area contributed by atoms with Crippen LogP contribution in [0, 0.1) is 11.8 Å². The van der Waals surface area contributed by atoms with Gasteiger partial charge in [-0.25, -0.2) is 0 Å². The summed E-state index contributed by atoms with van der Waals surface area (Å²) in [5.41, 5.74) is 0. The van der Waals surface area contributed by atoms with Gasteiger partial charge in [0.15, 0.2) is 6.10 Å². The van der Waals surface area contributed by atoms with Gasteiger partial charge in [-0.3, -0.25) is 14.4 Å². The van der Waals surface area contributed by atoms with Crippen molar-refractivity contribution >= 4 is 17.9 Å². The van der Waals surface area contributed by atoms with Gasteiger partial charge in [-0.15, -0.1) is 0 Å². The summed E-state index contributed by atoms with van der Waals surface area (Å²) in [7, 11) is 0. The topological polar surface area (TPSA) is 78.9 Å². The fourth-order valence-electron chi connectivity index (χ4n) is 7.78. The summed E-state index contributed by atoms with van der Waals surface area (Å²) in [5, 5.41) is 0. The molecular formula is C52H100O6. The highest BCUT2D eigenvalue weighted by molar-refractivity contribution is 5.71. The fourth-order valence-corrected chi connectivity index (χ4v) is 7.78. The van der Waals surface area contributed by atoms with Crippen LogP contribution in [0.2, 0.25) is 0 Å². The summed E-state index contributed by atoms with van der Waals surface area (Å²) < 4.78 is 16.7. The Hall–Kier alpha value is -1.59. The number of hydrogen-bond acceptors (Lipinski definition) is 6. The van der Waals surface area contributed by atoms with Crippen LogP contribution in [-0.2, 0) is 28.6 Å². The lowest BCUT2D eigenvalue weighted by molar-refractivity contribution is -0.167. The molecule has 58 heavy (non-hydrogen) atoms. The monoisotopic (exact) mass is 821 g/mol. The van der Waals surface area contributed by atoms with Crippen LogP contribution in [0.25, 0.3) is 0 Å². The molecule has 6 heteroatoms. The van der Waals surface area contributed by atoms with E-state index in [0.29, 0.717) is 19.3 Å². The summed E-state index contributed by atoms with van der Waals surface area (Å²) in [5.74, 6) is 0.865. The molecule has 0 spiro atoms. The van der Waals surface area contributed by atoms with Crippen molar-refractivity contribution in [3.05, 3.63) is 0 Å². The maximum absolute atomic E-state index is 12.6. The molecule has 0 amide bonds. The third-order valence-corrected chi connectivity index (χ3v) is 12.1. The van der Waals surface area contributed by atoms with Gasteiger partial charge >= 0.3 is 17.9 Å². The number of esters is 3. The van der Waals surface area contributed by atoms with E-state index < -0.39 is 6.10 Å². The highest BCUT2D eigenvalue weighted by Crippen LogP contribution is 2.18. The van der Waals surface area contributed by atoms with E-state index in [2.05, 4.69) is 34.6 Å². The number of ether oxygens (including phenoxy) is 3. The maximum atomic E-state index is 12.6. The standard InChI is InChI=1S/C52H100O6/c1-6-8-9-30-39-44-52(55)58-49(46-57-51(54)43-38-34-29-25-21-20-23-27-32-36-41-48(5)7-2)45-56-50(53)42-37-33-28-24-19-17-15-13-11-10-12-14-16-18-22-26-31-35-40-47(3)4/h47-49H,6-46H2,1-5H3/t48?,49-/m0/s1. The van der Waals surface area contributed by atoms with Crippen molar-refractivity contribution < 1.29 is 28.6 Å². The molecule has 0 aromatic carbocycles. The summed E-state index contributed by atoms with van der Waals surface area (Å²) in [6, 6.07) is 0. The Morgan fingerprint density at radius 1 is 0.362 bits per heavy atom. The van der Waals surface area contributed by atoms with Gasteiger partial charge < -0.3 is 14.2 Å². The van der Waals surface area contributed by atoms with Crippen molar-refractivity contribution in [3.8, 4) is 0 Å². The van der Waals surface area contributed by atoms with E-state index in [0.717, 1.165) is 76.0 Å². The fraction of sp³-hybridized carbons (Fsp3) is 0.942. The number of carbonyl (C=O) groups excluding carboxylic acids is 3. The highest BCUT2D eigenvalue weighted by atomic mass is 16.6. The molecule has 0 aliphatic carbocycles. The van der Waals surface area contributed by atoms with E-state index in [1.807, 2.05) is 0 Å². The van der Waals surface area contributed by atoms with Crippen molar-refractivity contribution in [2.45, 2.75) is 291 Å². The van der Waals surface area contributed by atoms with Crippen LogP contribution in [-0.4, -0.2) is 37.2 Å². The summed E-state index contributed by atoms with van der Waals surface area (Å²) in [6.07, 6.45) is 45.5. The van der Waals surface area contributed by atoms with Crippen LogP contribution in [0.3, 0.4) is 0 Å². The minimum absolute atomic E-state index is 0.0652. The second-order valence-electron chi connectivity index (χ2n) is 18.5. The zero-order valence-electron chi connectivity index (χ0n) is 39.7. The van der Waals surface area contributed by atoms with Crippen molar-refractivity contribution in [3.63, 3.8) is 0 Å². The largest absolute Gasteiger partial charge is 0.462 e. The molecule has 6 nitrogen and oxygen atoms in total. The quantitative estimate of drug-likeness (QED) is 0.0346. The van der Waals surface area contributed by atoms with Crippen LogP contribution < -0.4 is 0 Å². The Morgan fingerprint density at radius 3 is 0.983 bits per heavy atom. The molecule has 0 aliphatic heterocycles. The van der Waals surface area contributed by atoms with Crippen LogP contribution in [0.1, 0.15) is 285 Å². The van der Waals surface area contributed by atoms with E-state index in [9.17, 15) is 14.4 Å². The van der Waals surface area contributed by atoms with Crippen molar-refractivity contribution in [2.24, 2.45) is 11.8 Å². The lowest BCUT2D eigenvalue weighted by atomic mass is 9.99. The number of carbonyl (C=O) groups is 3. The zero-order valence-corrected chi connectivity index (χ0v) is 39.7. The van der Waals surface area contributed by atoms with Crippen LogP contribution >= 0.6 is 0 Å². The lowest BCUT2D eigenvalue weighted by Gasteiger charge is -2.18. The Kier molecular flexibility index (Phi) is 43.7. The van der Waals surface area contributed by atoms with Gasteiger partial charge in [0, 0.05) is 19.3 Å². The molecular weight excluding hydrogens is 721 g/mol. The normalized spacial score (nSPS) is 12.5. The Balaban J connectivity index is 4.03. The van der Waals surface area contributed by atoms with Gasteiger partial charge in [0.1, 0.15) is 13.2 Å². The predicted octanol–water partition coefficient (Wildman–Crippen LogP) is 16.5. The summed E-state index contributed by atoms with van der Waals surface area (Å²) in [6.45, 7) is 11.3. The third-order valence-electron chi connectivity index (χ3n) is 12.1. The lowest BCUT2D eigenvalue weighted by Crippen LogP contribution is -2.30. The van der Waals surface area contributed by atoms with Crippen LogP contribution in [0.4, 0.5) is 0 Å². The first kappa shape index (κ1) is 56.4. The van der Waals surface area contributed by atoms with Gasteiger partial charge in [-0.1, -0.05) is 247 Å². The predicted molar refractivity (Wildman–Crippen MR) is 247 cm³/mol. The van der Waals surface area contributed by atoms with Gasteiger partial charge in [-0.2, -0.15) is 0 Å². The summed E-state index contributed by atoms with van der Waals surface area (Å²) >= 11 is 0. The van der Waals surface area contributed by atoms with E-state index in [4.69, 9.17) is 14.2 Å². The van der Waals surface area contributed by atoms with Gasteiger partial charge in [0.2, 0.25) is 0 Å². The Morgan fingerprint density at radius 2 is 0.655 bits per heavy atom. The number of unbranched alkanes of at least 4 members (excludes halogenated alkanes) is 30. The molecule has 0 bridgehead atoms. The molecule has 0 fully saturated rings. The minimum atomic E-state index is -0.759. The van der Waals surface area contributed by atoms with E-state index in [1.165, 1.54) is 167 Å². The van der Waals surface area contributed by atoms with Crippen LogP contribution in [0.5, 0.6) is 0 Å². The molecule has 0 aromatic heterocycles. The molecule has 0 saturated heterocycles. The Bertz CT molecular complexity index is 887. The summed E-state index contributed by atoms with van der Waals surface area (Å²) in [4.78, 5) is 37.6. The molecule has 0 aliphatic rings.